The molecule has 7 nitrogen and oxygen atoms in total. The van der Waals surface area contributed by atoms with E-state index in [1.807, 2.05) is 25.1 Å². The average molecular weight is 585 g/mol. The first-order valence-corrected chi connectivity index (χ1v) is 11.5. The summed E-state index contributed by atoms with van der Waals surface area (Å²) in [7, 11) is 0. The molecule has 0 unspecified atom stereocenters. The summed E-state index contributed by atoms with van der Waals surface area (Å²) in [5.74, 6) is -0.639. The van der Waals surface area contributed by atoms with Gasteiger partial charge in [-0.2, -0.15) is 5.26 Å². The molecule has 0 fully saturated rings. The second kappa shape index (κ2) is 11.5. The third-order valence-electron chi connectivity index (χ3n) is 4.51. The summed E-state index contributed by atoms with van der Waals surface area (Å²) >= 11 is 6.79. The van der Waals surface area contributed by atoms with Crippen molar-refractivity contribution in [1.82, 2.24) is 0 Å². The number of phenols is 1. The molecule has 0 heterocycles. The minimum Gasteiger partial charge on any atom is -0.508 e. The second-order valence-electron chi connectivity index (χ2n) is 7.18. The predicted molar refractivity (Wildman–Crippen MR) is 137 cm³/mol. The Balaban J connectivity index is 1.79. The summed E-state index contributed by atoms with van der Waals surface area (Å²) in [6, 6.07) is 18.5. The molecule has 3 N–H and O–H groups in total. The number of benzene rings is 3. The maximum absolute atomic E-state index is 12.6. The number of hydrogen-bond donors (Lipinski definition) is 3. The van der Waals surface area contributed by atoms with Crippen LogP contribution in [0.3, 0.4) is 0 Å². The van der Waals surface area contributed by atoms with Gasteiger partial charge in [0.1, 0.15) is 23.1 Å². The molecular formula is C25H19Br2N3O4. The monoisotopic (exact) mass is 583 g/mol. The van der Waals surface area contributed by atoms with Gasteiger partial charge in [-0.05, 0) is 77.5 Å². The van der Waals surface area contributed by atoms with Crippen molar-refractivity contribution in [3.8, 4) is 17.6 Å². The van der Waals surface area contributed by atoms with Crippen molar-refractivity contribution in [3.63, 3.8) is 0 Å². The van der Waals surface area contributed by atoms with Crippen LogP contribution in [0.4, 0.5) is 11.4 Å². The Hall–Kier alpha value is -3.61. The molecule has 0 saturated carbocycles. The van der Waals surface area contributed by atoms with Crippen LogP contribution in [0.5, 0.6) is 11.5 Å². The van der Waals surface area contributed by atoms with Gasteiger partial charge in [-0.25, -0.2) is 0 Å². The minimum atomic E-state index is -0.632. The van der Waals surface area contributed by atoms with Crippen LogP contribution < -0.4 is 15.4 Å². The number of phenolic OH excluding ortho intramolecular Hbond substituents is 1. The summed E-state index contributed by atoms with van der Waals surface area (Å²) in [5, 5.41) is 24.3. The molecule has 0 bridgehead atoms. The lowest BCUT2D eigenvalue weighted by molar-refractivity contribution is -0.118. The van der Waals surface area contributed by atoms with Crippen molar-refractivity contribution in [1.29, 1.82) is 5.26 Å². The zero-order valence-corrected chi connectivity index (χ0v) is 21.1. The second-order valence-corrected chi connectivity index (χ2v) is 8.95. The summed E-state index contributed by atoms with van der Waals surface area (Å²) in [6.45, 7) is 1.67. The van der Waals surface area contributed by atoms with Crippen molar-refractivity contribution in [2.45, 2.75) is 6.92 Å². The van der Waals surface area contributed by atoms with E-state index in [4.69, 9.17) is 4.74 Å². The van der Waals surface area contributed by atoms with Crippen molar-refractivity contribution < 1.29 is 19.4 Å². The van der Waals surface area contributed by atoms with Crippen LogP contribution in [-0.2, 0) is 9.59 Å². The predicted octanol–water partition coefficient (Wildman–Crippen LogP) is 5.79. The Morgan fingerprint density at radius 1 is 1.03 bits per heavy atom. The van der Waals surface area contributed by atoms with Gasteiger partial charge in [0.2, 0.25) is 0 Å². The first kappa shape index (κ1) is 25.0. The number of ether oxygens (including phenoxy) is 1. The Kier molecular flexibility index (Phi) is 8.46. The first-order chi connectivity index (χ1) is 16.2. The lowest BCUT2D eigenvalue weighted by Gasteiger charge is -2.13. The highest BCUT2D eigenvalue weighted by Gasteiger charge is 2.15. The van der Waals surface area contributed by atoms with E-state index in [9.17, 15) is 20.0 Å². The number of carbonyl (C=O) groups excluding carboxylic acids is 2. The van der Waals surface area contributed by atoms with Crippen LogP contribution in [-0.4, -0.2) is 23.5 Å². The van der Waals surface area contributed by atoms with Gasteiger partial charge in [0.15, 0.2) is 6.61 Å². The van der Waals surface area contributed by atoms with Gasteiger partial charge in [-0.15, -0.1) is 0 Å². The van der Waals surface area contributed by atoms with Gasteiger partial charge in [0.05, 0.1) is 4.47 Å². The first-order valence-electron chi connectivity index (χ1n) is 9.95. The maximum atomic E-state index is 12.6. The number of aryl methyl sites for hydroxylation is 1. The smallest absolute Gasteiger partial charge is 0.266 e. The third kappa shape index (κ3) is 6.94. The number of aromatic hydroxyl groups is 1. The quantitative estimate of drug-likeness (QED) is 0.185. The van der Waals surface area contributed by atoms with Gasteiger partial charge >= 0.3 is 0 Å². The molecule has 0 atom stereocenters. The molecular weight excluding hydrogens is 566 g/mol. The number of anilines is 2. The molecule has 0 saturated heterocycles. The van der Waals surface area contributed by atoms with Crippen LogP contribution >= 0.6 is 31.9 Å². The van der Waals surface area contributed by atoms with E-state index in [2.05, 4.69) is 42.5 Å². The molecule has 172 valence electrons. The van der Waals surface area contributed by atoms with E-state index < -0.39 is 5.91 Å². The molecule has 0 aromatic heterocycles. The maximum Gasteiger partial charge on any atom is 0.266 e. The summed E-state index contributed by atoms with van der Waals surface area (Å²) < 4.78 is 6.96. The van der Waals surface area contributed by atoms with E-state index in [0.29, 0.717) is 31.6 Å². The average Bonchev–Trinajstić information content (AvgIpc) is 2.79. The van der Waals surface area contributed by atoms with Crippen molar-refractivity contribution in [3.05, 3.63) is 86.3 Å². The Morgan fingerprint density at radius 3 is 2.29 bits per heavy atom. The number of nitrogens with zero attached hydrogens (tertiary/aromatic N) is 1. The fourth-order valence-corrected chi connectivity index (χ4v) is 4.23. The number of carbonyl (C=O) groups is 2. The number of halogens is 2. The normalized spacial score (nSPS) is 10.8. The van der Waals surface area contributed by atoms with Gasteiger partial charge < -0.3 is 20.5 Å². The van der Waals surface area contributed by atoms with Gasteiger partial charge in [-0.1, -0.05) is 33.6 Å². The Morgan fingerprint density at radius 2 is 1.65 bits per heavy atom. The highest BCUT2D eigenvalue weighted by molar-refractivity contribution is 9.11. The standard InChI is InChI=1S/C25H19Br2N3O4/c1-15-2-4-19(5-3-15)29-23(32)14-34-24-16(11-18(26)12-22(24)27)10-17(13-28)25(33)30-20-6-8-21(31)9-7-20/h2-12,31H,14H2,1H3,(H,29,32)(H,30,33)/b17-10+. The molecule has 3 aromatic rings. The number of nitrogens with one attached hydrogen (secondary N) is 2. The third-order valence-corrected chi connectivity index (χ3v) is 5.56. The van der Waals surface area contributed by atoms with Gasteiger partial charge in [-0.3, -0.25) is 9.59 Å². The Bertz CT molecular complexity index is 1280. The molecule has 3 rings (SSSR count). The van der Waals surface area contributed by atoms with Crippen molar-refractivity contribution in [2.24, 2.45) is 0 Å². The molecule has 2 amide bonds. The van der Waals surface area contributed by atoms with E-state index in [1.54, 1.807) is 24.3 Å². The van der Waals surface area contributed by atoms with E-state index in [-0.39, 0.29) is 23.8 Å². The summed E-state index contributed by atoms with van der Waals surface area (Å²) in [4.78, 5) is 25.0. The van der Waals surface area contributed by atoms with E-state index >= 15 is 0 Å². The highest BCUT2D eigenvalue weighted by Crippen LogP contribution is 2.34. The molecule has 34 heavy (non-hydrogen) atoms. The van der Waals surface area contributed by atoms with E-state index in [1.165, 1.54) is 30.3 Å². The zero-order chi connectivity index (χ0) is 24.7. The van der Waals surface area contributed by atoms with Gasteiger partial charge in [0.25, 0.3) is 11.8 Å². The fourth-order valence-electron chi connectivity index (χ4n) is 2.86. The fraction of sp³-hybridized carbons (Fsp3) is 0.0800. The molecule has 0 aliphatic rings. The molecule has 0 spiro atoms. The van der Waals surface area contributed by atoms with Crippen LogP contribution in [0.15, 0.2) is 75.2 Å². The highest BCUT2D eigenvalue weighted by atomic mass is 79.9. The van der Waals surface area contributed by atoms with Gasteiger partial charge in [0, 0.05) is 21.4 Å². The molecule has 9 heteroatoms. The van der Waals surface area contributed by atoms with E-state index in [0.717, 1.165) is 5.56 Å². The lowest BCUT2D eigenvalue weighted by atomic mass is 10.1. The van der Waals surface area contributed by atoms with Crippen LogP contribution in [0.2, 0.25) is 0 Å². The van der Waals surface area contributed by atoms with Crippen molar-refractivity contribution in [2.75, 3.05) is 17.2 Å². The number of rotatable bonds is 7. The molecule has 0 aliphatic carbocycles. The topological polar surface area (TPSA) is 111 Å². The number of hydrogen-bond acceptors (Lipinski definition) is 5. The SMILES string of the molecule is Cc1ccc(NC(=O)COc2c(Br)cc(Br)cc2/C=C(\C#N)C(=O)Nc2ccc(O)cc2)cc1. The molecule has 0 aliphatic heterocycles. The molecule has 3 aromatic carbocycles. The number of nitriles is 1. The zero-order valence-electron chi connectivity index (χ0n) is 17.9. The van der Waals surface area contributed by atoms with Crippen LogP contribution in [0.1, 0.15) is 11.1 Å². The van der Waals surface area contributed by atoms with Crippen molar-refractivity contribution >= 4 is 61.1 Å². The Labute approximate surface area is 213 Å². The molecule has 0 radical (unpaired) electrons. The summed E-state index contributed by atoms with van der Waals surface area (Å²) in [5.41, 5.74) is 2.39. The van der Waals surface area contributed by atoms with Crippen LogP contribution in [0.25, 0.3) is 6.08 Å². The minimum absolute atomic E-state index is 0.0567. The number of amides is 2. The largest absolute Gasteiger partial charge is 0.508 e. The van der Waals surface area contributed by atoms with Crippen LogP contribution in [0, 0.1) is 18.3 Å². The lowest BCUT2D eigenvalue weighted by Crippen LogP contribution is -2.20. The summed E-state index contributed by atoms with van der Waals surface area (Å²) in [6.07, 6.45) is 1.37.